The molecule has 4 heteroatoms. The van der Waals surface area contributed by atoms with E-state index in [0.29, 0.717) is 6.42 Å². The second kappa shape index (κ2) is 4.11. The molecule has 1 atom stereocenters. The van der Waals surface area contributed by atoms with Gasteiger partial charge in [-0.25, -0.2) is 4.79 Å². The summed E-state index contributed by atoms with van der Waals surface area (Å²) in [4.78, 5) is 12.4. The molecule has 1 aromatic rings. The molecule has 15 heavy (non-hydrogen) atoms. The standard InChI is InChI=1S/C11H12ClNO2/c12-10-7-3-5-8-4-1-2-6-9(8)13(10)11(14)15/h1-2,4,6,10H,3,5,7H2,(H,14,15). The summed E-state index contributed by atoms with van der Waals surface area (Å²) < 4.78 is 0. The van der Waals surface area contributed by atoms with E-state index in [1.54, 1.807) is 0 Å². The third kappa shape index (κ3) is 1.92. The van der Waals surface area contributed by atoms with Crippen LogP contribution in [0.15, 0.2) is 24.3 Å². The molecule has 0 spiro atoms. The molecule has 1 heterocycles. The Kier molecular flexibility index (Phi) is 2.82. The predicted octanol–water partition coefficient (Wildman–Crippen LogP) is 3.07. The van der Waals surface area contributed by atoms with Crippen molar-refractivity contribution in [2.75, 3.05) is 4.90 Å². The molecule has 0 aromatic heterocycles. The molecule has 0 saturated heterocycles. The zero-order valence-electron chi connectivity index (χ0n) is 8.19. The Morgan fingerprint density at radius 1 is 1.47 bits per heavy atom. The number of carboxylic acid groups (broad SMARTS) is 1. The molecule has 2 rings (SSSR count). The van der Waals surface area contributed by atoms with Gasteiger partial charge < -0.3 is 5.11 Å². The highest BCUT2D eigenvalue weighted by molar-refractivity contribution is 6.24. The van der Waals surface area contributed by atoms with E-state index < -0.39 is 11.6 Å². The molecule has 80 valence electrons. The van der Waals surface area contributed by atoms with Crippen LogP contribution in [0.4, 0.5) is 10.5 Å². The molecule has 1 aliphatic heterocycles. The van der Waals surface area contributed by atoms with Gasteiger partial charge in [-0.15, -0.1) is 0 Å². The molecule has 1 aliphatic rings. The van der Waals surface area contributed by atoms with E-state index in [1.807, 2.05) is 24.3 Å². The fourth-order valence-corrected chi connectivity index (χ4v) is 2.26. The summed E-state index contributed by atoms with van der Waals surface area (Å²) in [7, 11) is 0. The SMILES string of the molecule is O=C(O)N1c2ccccc2CCCC1Cl. The fraction of sp³-hybridized carbons (Fsp3) is 0.364. The summed E-state index contributed by atoms with van der Waals surface area (Å²) in [6, 6.07) is 7.53. The quantitative estimate of drug-likeness (QED) is 0.545. The lowest BCUT2D eigenvalue weighted by atomic mass is 10.1. The highest BCUT2D eigenvalue weighted by Crippen LogP contribution is 2.30. The van der Waals surface area contributed by atoms with Gasteiger partial charge in [0.2, 0.25) is 0 Å². The molecule has 0 saturated carbocycles. The molecule has 1 N–H and O–H groups in total. The van der Waals surface area contributed by atoms with Gasteiger partial charge in [0, 0.05) is 0 Å². The van der Waals surface area contributed by atoms with Crippen LogP contribution >= 0.6 is 11.6 Å². The maximum absolute atomic E-state index is 11.1. The zero-order chi connectivity index (χ0) is 10.8. The van der Waals surface area contributed by atoms with E-state index >= 15 is 0 Å². The summed E-state index contributed by atoms with van der Waals surface area (Å²) in [5.41, 5.74) is 1.33. The third-order valence-corrected chi connectivity index (χ3v) is 3.04. The van der Waals surface area contributed by atoms with Gasteiger partial charge in [0.15, 0.2) is 0 Å². The van der Waals surface area contributed by atoms with Gasteiger partial charge >= 0.3 is 6.09 Å². The number of para-hydroxylation sites is 1. The van der Waals surface area contributed by atoms with E-state index in [4.69, 9.17) is 16.7 Å². The van der Waals surface area contributed by atoms with Crippen molar-refractivity contribution in [3.63, 3.8) is 0 Å². The van der Waals surface area contributed by atoms with Crippen molar-refractivity contribution in [1.82, 2.24) is 0 Å². The van der Waals surface area contributed by atoms with Crippen molar-refractivity contribution in [3.8, 4) is 0 Å². The number of alkyl halides is 1. The number of hydrogen-bond acceptors (Lipinski definition) is 1. The molecular formula is C11H12ClNO2. The summed E-state index contributed by atoms with van der Waals surface area (Å²) >= 11 is 6.05. The molecule has 1 unspecified atom stereocenters. The molecule has 1 amide bonds. The van der Waals surface area contributed by atoms with Crippen LogP contribution in [0.1, 0.15) is 18.4 Å². The zero-order valence-corrected chi connectivity index (χ0v) is 8.94. The number of fused-ring (bicyclic) bond motifs is 1. The summed E-state index contributed by atoms with van der Waals surface area (Å²) in [5, 5.41) is 9.12. The number of rotatable bonds is 0. The van der Waals surface area contributed by atoms with Crippen LogP contribution in [0, 0.1) is 0 Å². The van der Waals surface area contributed by atoms with Crippen molar-refractivity contribution in [2.24, 2.45) is 0 Å². The number of amides is 1. The van der Waals surface area contributed by atoms with Crippen LogP contribution in [-0.2, 0) is 6.42 Å². The summed E-state index contributed by atoms with van der Waals surface area (Å²) in [6.45, 7) is 0. The smallest absolute Gasteiger partial charge is 0.413 e. The van der Waals surface area contributed by atoms with Gasteiger partial charge in [0.05, 0.1) is 5.69 Å². The molecule has 1 aromatic carbocycles. The van der Waals surface area contributed by atoms with Crippen molar-refractivity contribution < 1.29 is 9.90 Å². The maximum Gasteiger partial charge on any atom is 0.413 e. The van der Waals surface area contributed by atoms with Crippen LogP contribution in [0.25, 0.3) is 0 Å². The minimum atomic E-state index is -0.982. The molecule has 0 bridgehead atoms. The number of halogens is 1. The van der Waals surface area contributed by atoms with E-state index in [0.717, 1.165) is 24.1 Å². The van der Waals surface area contributed by atoms with Crippen LogP contribution in [-0.4, -0.2) is 16.7 Å². The minimum absolute atomic E-state index is 0.453. The number of benzene rings is 1. The number of hydrogen-bond donors (Lipinski definition) is 1. The second-order valence-corrected chi connectivity index (χ2v) is 4.11. The Morgan fingerprint density at radius 2 is 2.20 bits per heavy atom. The first-order valence-electron chi connectivity index (χ1n) is 4.94. The van der Waals surface area contributed by atoms with Crippen molar-refractivity contribution in [1.29, 1.82) is 0 Å². The minimum Gasteiger partial charge on any atom is -0.465 e. The van der Waals surface area contributed by atoms with E-state index in [1.165, 1.54) is 4.90 Å². The lowest BCUT2D eigenvalue weighted by Crippen LogP contribution is -2.35. The van der Waals surface area contributed by atoms with Gasteiger partial charge in [-0.05, 0) is 30.9 Å². The van der Waals surface area contributed by atoms with Gasteiger partial charge in [0.1, 0.15) is 5.50 Å². The Bertz CT molecular complexity index is 381. The number of anilines is 1. The molecule has 0 radical (unpaired) electrons. The Hall–Kier alpha value is -1.22. The number of nitrogens with zero attached hydrogens (tertiary/aromatic N) is 1. The average Bonchev–Trinajstić information content (AvgIpc) is 2.35. The Labute approximate surface area is 93.3 Å². The average molecular weight is 226 g/mol. The first-order valence-corrected chi connectivity index (χ1v) is 5.38. The summed E-state index contributed by atoms with van der Waals surface area (Å²) in [5.74, 6) is 0. The first kappa shape index (κ1) is 10.3. The third-order valence-electron chi connectivity index (χ3n) is 2.63. The van der Waals surface area contributed by atoms with Gasteiger partial charge in [0.25, 0.3) is 0 Å². The van der Waals surface area contributed by atoms with Crippen molar-refractivity contribution in [2.45, 2.75) is 24.8 Å². The highest BCUT2D eigenvalue weighted by atomic mass is 35.5. The van der Waals surface area contributed by atoms with Gasteiger partial charge in [-0.2, -0.15) is 0 Å². The highest BCUT2D eigenvalue weighted by Gasteiger charge is 2.27. The van der Waals surface area contributed by atoms with Crippen LogP contribution in [0.2, 0.25) is 0 Å². The van der Waals surface area contributed by atoms with E-state index in [-0.39, 0.29) is 0 Å². The van der Waals surface area contributed by atoms with Gasteiger partial charge in [-0.1, -0.05) is 29.8 Å². The van der Waals surface area contributed by atoms with Crippen molar-refractivity contribution in [3.05, 3.63) is 29.8 Å². The van der Waals surface area contributed by atoms with Crippen LogP contribution < -0.4 is 4.90 Å². The molecule has 0 aliphatic carbocycles. The van der Waals surface area contributed by atoms with Crippen molar-refractivity contribution >= 4 is 23.4 Å². The number of carbonyl (C=O) groups is 1. The largest absolute Gasteiger partial charge is 0.465 e. The lowest BCUT2D eigenvalue weighted by molar-refractivity contribution is 0.201. The molecule has 0 fully saturated rings. The Morgan fingerprint density at radius 3 is 2.93 bits per heavy atom. The summed E-state index contributed by atoms with van der Waals surface area (Å²) in [6.07, 6.45) is 1.53. The lowest BCUT2D eigenvalue weighted by Gasteiger charge is -2.23. The van der Waals surface area contributed by atoms with Crippen LogP contribution in [0.3, 0.4) is 0 Å². The second-order valence-electron chi connectivity index (χ2n) is 3.61. The maximum atomic E-state index is 11.1. The topological polar surface area (TPSA) is 40.5 Å². The Balaban J connectivity index is 2.47. The van der Waals surface area contributed by atoms with Crippen LogP contribution in [0.5, 0.6) is 0 Å². The molecular weight excluding hydrogens is 214 g/mol. The predicted molar refractivity (Wildman–Crippen MR) is 59.5 cm³/mol. The first-order chi connectivity index (χ1) is 7.20. The monoisotopic (exact) mass is 225 g/mol. The van der Waals surface area contributed by atoms with E-state index in [2.05, 4.69) is 0 Å². The van der Waals surface area contributed by atoms with E-state index in [9.17, 15) is 4.79 Å². The van der Waals surface area contributed by atoms with Gasteiger partial charge in [-0.3, -0.25) is 4.90 Å². The normalized spacial score (nSPS) is 20.6. The number of aryl methyl sites for hydroxylation is 1. The fourth-order valence-electron chi connectivity index (χ4n) is 1.92. The molecule has 3 nitrogen and oxygen atoms in total.